The molecule has 0 unspecified atom stereocenters. The van der Waals surface area contributed by atoms with Gasteiger partial charge in [0.1, 0.15) is 11.6 Å². The van der Waals surface area contributed by atoms with Crippen molar-refractivity contribution in [3.05, 3.63) is 36.2 Å². The lowest BCUT2D eigenvalue weighted by Gasteiger charge is -2.20. The van der Waals surface area contributed by atoms with Gasteiger partial charge in [0.2, 0.25) is 5.91 Å². The first-order valence-electron chi connectivity index (χ1n) is 7.60. The molecule has 3 rings (SSSR count). The molecule has 0 aliphatic heterocycles. The van der Waals surface area contributed by atoms with Crippen molar-refractivity contribution in [1.82, 2.24) is 14.9 Å². The lowest BCUT2D eigenvalue weighted by Crippen LogP contribution is -2.33. The second-order valence-electron chi connectivity index (χ2n) is 5.72. The number of benzene rings is 1. The van der Waals surface area contributed by atoms with Crippen molar-refractivity contribution in [2.45, 2.75) is 19.3 Å². The lowest BCUT2D eigenvalue weighted by molar-refractivity contribution is -0.133. The Kier molecular flexibility index (Phi) is 4.13. The van der Waals surface area contributed by atoms with E-state index in [0.717, 1.165) is 41.9 Å². The van der Waals surface area contributed by atoms with E-state index in [1.54, 1.807) is 7.11 Å². The van der Waals surface area contributed by atoms with Gasteiger partial charge in [-0.3, -0.25) is 4.79 Å². The molecule has 1 aromatic heterocycles. The van der Waals surface area contributed by atoms with E-state index in [1.807, 2.05) is 30.1 Å². The molecule has 0 saturated carbocycles. The fraction of sp³-hybridized carbons (Fsp3) is 0.412. The van der Waals surface area contributed by atoms with Gasteiger partial charge in [-0.25, -0.2) is 4.98 Å². The molecule has 0 radical (unpaired) electrons. The van der Waals surface area contributed by atoms with Crippen LogP contribution in [-0.4, -0.2) is 41.5 Å². The number of nitrogens with one attached hydrogen (secondary N) is 1. The number of aromatic amines is 1. The molecule has 1 aliphatic rings. The van der Waals surface area contributed by atoms with Crippen molar-refractivity contribution >= 4 is 16.9 Å². The summed E-state index contributed by atoms with van der Waals surface area (Å²) < 4.78 is 5.21. The summed E-state index contributed by atoms with van der Waals surface area (Å²) in [6.07, 6.45) is 6.63. The third-order valence-electron chi connectivity index (χ3n) is 4.16. The van der Waals surface area contributed by atoms with Gasteiger partial charge in [-0.2, -0.15) is 0 Å². The maximum atomic E-state index is 12.3. The minimum absolute atomic E-state index is 0.130. The van der Waals surface area contributed by atoms with Gasteiger partial charge >= 0.3 is 0 Å². The highest BCUT2D eigenvalue weighted by Gasteiger charge is 2.22. The van der Waals surface area contributed by atoms with Crippen LogP contribution in [0.3, 0.4) is 0 Å². The summed E-state index contributed by atoms with van der Waals surface area (Å²) in [7, 11) is 3.52. The van der Waals surface area contributed by atoms with Gasteiger partial charge in [-0.15, -0.1) is 0 Å². The smallest absolute Gasteiger partial charge is 0.226 e. The van der Waals surface area contributed by atoms with Crippen molar-refractivity contribution in [2.24, 2.45) is 5.92 Å². The largest absolute Gasteiger partial charge is 0.497 e. The van der Waals surface area contributed by atoms with Crippen LogP contribution in [-0.2, 0) is 11.2 Å². The van der Waals surface area contributed by atoms with Crippen LogP contribution < -0.4 is 4.74 Å². The average Bonchev–Trinajstić information content (AvgIpc) is 3.19. The Morgan fingerprint density at radius 2 is 2.18 bits per heavy atom. The number of amides is 1. The SMILES string of the molecule is COc1ccc2nc(CCN(C)C(=O)C3CC=CC3)[nH]c2c1. The van der Waals surface area contributed by atoms with E-state index < -0.39 is 0 Å². The highest BCUT2D eigenvalue weighted by Crippen LogP contribution is 2.21. The predicted molar refractivity (Wildman–Crippen MR) is 85.9 cm³/mol. The zero-order valence-corrected chi connectivity index (χ0v) is 13.0. The molecule has 0 saturated heterocycles. The van der Waals surface area contributed by atoms with Crippen LogP contribution in [0.15, 0.2) is 30.4 Å². The molecular formula is C17H21N3O2. The first-order chi connectivity index (χ1) is 10.7. The molecule has 116 valence electrons. The van der Waals surface area contributed by atoms with E-state index in [2.05, 4.69) is 22.1 Å². The fourth-order valence-electron chi connectivity index (χ4n) is 2.80. The predicted octanol–water partition coefficient (Wildman–Crippen LogP) is 2.54. The monoisotopic (exact) mass is 299 g/mol. The summed E-state index contributed by atoms with van der Waals surface area (Å²) in [5.41, 5.74) is 1.88. The molecule has 1 aliphatic carbocycles. The van der Waals surface area contributed by atoms with Gasteiger partial charge in [-0.1, -0.05) is 12.2 Å². The van der Waals surface area contributed by atoms with Crippen molar-refractivity contribution < 1.29 is 9.53 Å². The molecule has 0 fully saturated rings. The molecule has 2 aromatic rings. The van der Waals surface area contributed by atoms with Crippen LogP contribution in [0.1, 0.15) is 18.7 Å². The van der Waals surface area contributed by atoms with Gasteiger partial charge in [0.25, 0.3) is 0 Å². The van der Waals surface area contributed by atoms with E-state index >= 15 is 0 Å². The van der Waals surface area contributed by atoms with Gasteiger partial charge in [0, 0.05) is 32.0 Å². The number of carbonyl (C=O) groups is 1. The van der Waals surface area contributed by atoms with E-state index in [0.29, 0.717) is 6.54 Å². The van der Waals surface area contributed by atoms with Crippen molar-refractivity contribution in [3.63, 3.8) is 0 Å². The maximum Gasteiger partial charge on any atom is 0.226 e. The van der Waals surface area contributed by atoms with Crippen LogP contribution in [0.4, 0.5) is 0 Å². The lowest BCUT2D eigenvalue weighted by atomic mass is 10.1. The van der Waals surface area contributed by atoms with Gasteiger partial charge in [0.05, 0.1) is 18.1 Å². The summed E-state index contributed by atoms with van der Waals surface area (Å²) in [5, 5.41) is 0. The molecular weight excluding hydrogens is 278 g/mol. The van der Waals surface area contributed by atoms with Crippen LogP contribution in [0.25, 0.3) is 11.0 Å². The van der Waals surface area contributed by atoms with Crippen LogP contribution >= 0.6 is 0 Å². The number of aromatic nitrogens is 2. The number of fused-ring (bicyclic) bond motifs is 1. The van der Waals surface area contributed by atoms with Crippen LogP contribution in [0, 0.1) is 5.92 Å². The van der Waals surface area contributed by atoms with Gasteiger partial charge < -0.3 is 14.6 Å². The zero-order chi connectivity index (χ0) is 15.5. The Labute approximate surface area is 130 Å². The standard InChI is InChI=1S/C17H21N3O2/c1-20(17(21)12-5-3-4-6-12)10-9-16-18-14-8-7-13(22-2)11-15(14)19-16/h3-4,7-8,11-12H,5-6,9-10H2,1-2H3,(H,18,19). The van der Waals surface area contributed by atoms with Crippen molar-refractivity contribution in [2.75, 3.05) is 20.7 Å². The molecule has 22 heavy (non-hydrogen) atoms. The normalized spacial score (nSPS) is 14.6. The molecule has 1 heterocycles. The molecule has 0 atom stereocenters. The molecule has 1 N–H and O–H groups in total. The van der Waals surface area contributed by atoms with Gasteiger partial charge in [-0.05, 0) is 25.0 Å². The number of likely N-dealkylation sites (N-methyl/N-ethyl adjacent to an activating group) is 1. The molecule has 5 nitrogen and oxygen atoms in total. The summed E-state index contributed by atoms with van der Waals surface area (Å²) >= 11 is 0. The maximum absolute atomic E-state index is 12.3. The topological polar surface area (TPSA) is 58.2 Å². The highest BCUT2D eigenvalue weighted by molar-refractivity contribution is 5.79. The number of methoxy groups -OCH3 is 1. The van der Waals surface area contributed by atoms with E-state index in [4.69, 9.17) is 4.74 Å². The minimum Gasteiger partial charge on any atom is -0.497 e. The van der Waals surface area contributed by atoms with Crippen molar-refractivity contribution in [1.29, 1.82) is 0 Å². The summed E-state index contributed by atoms with van der Waals surface area (Å²) in [6, 6.07) is 5.77. The van der Waals surface area contributed by atoms with Crippen molar-refractivity contribution in [3.8, 4) is 5.75 Å². The summed E-state index contributed by atoms with van der Waals surface area (Å²) in [6.45, 7) is 0.673. The minimum atomic E-state index is 0.130. The third kappa shape index (κ3) is 2.98. The Morgan fingerprint density at radius 1 is 1.41 bits per heavy atom. The second-order valence-corrected chi connectivity index (χ2v) is 5.72. The second kappa shape index (κ2) is 6.22. The van der Waals surface area contributed by atoms with E-state index in [1.165, 1.54) is 0 Å². The number of H-pyrrole nitrogens is 1. The fourth-order valence-corrected chi connectivity index (χ4v) is 2.80. The number of nitrogens with zero attached hydrogens (tertiary/aromatic N) is 2. The quantitative estimate of drug-likeness (QED) is 0.863. The molecule has 1 aromatic carbocycles. The number of hydrogen-bond acceptors (Lipinski definition) is 3. The average molecular weight is 299 g/mol. The molecule has 1 amide bonds. The number of carbonyl (C=O) groups excluding carboxylic acids is 1. The number of ether oxygens (including phenoxy) is 1. The molecule has 0 bridgehead atoms. The van der Waals surface area contributed by atoms with E-state index in [9.17, 15) is 4.79 Å². The number of imidazole rings is 1. The Morgan fingerprint density at radius 3 is 2.91 bits per heavy atom. The van der Waals surface area contributed by atoms with Crippen LogP contribution in [0.2, 0.25) is 0 Å². The third-order valence-corrected chi connectivity index (χ3v) is 4.16. The molecule has 5 heteroatoms. The van der Waals surface area contributed by atoms with Crippen LogP contribution in [0.5, 0.6) is 5.75 Å². The Balaban J connectivity index is 1.62. The number of rotatable bonds is 5. The highest BCUT2D eigenvalue weighted by atomic mass is 16.5. The summed E-state index contributed by atoms with van der Waals surface area (Å²) in [4.78, 5) is 21.9. The summed E-state index contributed by atoms with van der Waals surface area (Å²) in [5.74, 6) is 2.06. The zero-order valence-electron chi connectivity index (χ0n) is 13.0. The molecule has 0 spiro atoms. The van der Waals surface area contributed by atoms with Gasteiger partial charge in [0.15, 0.2) is 0 Å². The first kappa shape index (κ1) is 14.6. The number of hydrogen-bond donors (Lipinski definition) is 1. The Bertz CT molecular complexity index is 697. The van der Waals surface area contributed by atoms with E-state index in [-0.39, 0.29) is 11.8 Å². The Hall–Kier alpha value is -2.30. The first-order valence-corrected chi connectivity index (χ1v) is 7.60. The number of allylic oxidation sites excluding steroid dienone is 2.